The van der Waals surface area contributed by atoms with E-state index in [2.05, 4.69) is 48.6 Å². The molecule has 3 nitrogen and oxygen atoms in total. The van der Waals surface area contributed by atoms with Crippen molar-refractivity contribution >= 4 is 47.4 Å². The highest BCUT2D eigenvalue weighted by molar-refractivity contribution is 14.0. The average molecular weight is 379 g/mol. The van der Waals surface area contributed by atoms with Crippen LogP contribution < -0.4 is 11.1 Å². The maximum absolute atomic E-state index is 5.82. The van der Waals surface area contributed by atoms with Gasteiger partial charge in [-0.15, -0.1) is 24.0 Å². The van der Waals surface area contributed by atoms with Crippen molar-refractivity contribution < 1.29 is 0 Å². The topological polar surface area (TPSA) is 50.4 Å². The van der Waals surface area contributed by atoms with Gasteiger partial charge in [0.1, 0.15) is 0 Å². The molecule has 0 spiro atoms. The zero-order chi connectivity index (χ0) is 12.7. The molecule has 3 N–H and O–H groups in total. The minimum atomic E-state index is 0. The number of nitrogens with zero attached hydrogens (tertiary/aromatic N) is 1. The van der Waals surface area contributed by atoms with Gasteiger partial charge in [-0.3, -0.25) is 4.99 Å². The minimum absolute atomic E-state index is 0. The number of thioether (sulfide) groups is 1. The van der Waals surface area contributed by atoms with Gasteiger partial charge >= 0.3 is 0 Å². The Labute approximate surface area is 131 Å². The normalized spacial score (nSPS) is 10.9. The van der Waals surface area contributed by atoms with Crippen LogP contribution in [-0.2, 0) is 0 Å². The lowest BCUT2D eigenvalue weighted by molar-refractivity contribution is 0.941. The van der Waals surface area contributed by atoms with Crippen LogP contribution >= 0.6 is 35.7 Å². The van der Waals surface area contributed by atoms with Crippen molar-refractivity contribution in [3.05, 3.63) is 29.3 Å². The monoisotopic (exact) mass is 379 g/mol. The average Bonchev–Trinajstić information content (AvgIpc) is 2.23. The summed E-state index contributed by atoms with van der Waals surface area (Å²) >= 11 is 1.83. The Hall–Kier alpha value is -0.430. The van der Waals surface area contributed by atoms with Crippen LogP contribution in [0.5, 0.6) is 0 Å². The number of rotatable bonds is 5. The number of hydrogen-bond acceptors (Lipinski definition) is 2. The summed E-state index contributed by atoms with van der Waals surface area (Å²) in [6, 6.07) is 6.27. The van der Waals surface area contributed by atoms with Gasteiger partial charge in [-0.1, -0.05) is 6.07 Å². The third-order valence-electron chi connectivity index (χ3n) is 2.28. The molecule has 5 heteroatoms. The summed E-state index contributed by atoms with van der Waals surface area (Å²) in [7, 11) is 0. The molecular weight excluding hydrogens is 357 g/mol. The molecule has 1 aromatic carbocycles. The summed E-state index contributed by atoms with van der Waals surface area (Å²) in [6.07, 6.45) is 3.16. The highest BCUT2D eigenvalue weighted by Gasteiger charge is 1.97. The number of benzene rings is 1. The summed E-state index contributed by atoms with van der Waals surface area (Å²) in [5.74, 6) is 1.62. The van der Waals surface area contributed by atoms with E-state index in [0.717, 1.165) is 24.4 Å². The van der Waals surface area contributed by atoms with Crippen LogP contribution in [-0.4, -0.2) is 24.5 Å². The first-order valence-electron chi connectivity index (χ1n) is 5.76. The molecule has 0 aliphatic rings. The maximum atomic E-state index is 5.82. The van der Waals surface area contributed by atoms with Crippen LogP contribution in [0.2, 0.25) is 0 Å². The lowest BCUT2D eigenvalue weighted by Gasteiger charge is -2.07. The lowest BCUT2D eigenvalue weighted by atomic mass is 10.1. The van der Waals surface area contributed by atoms with E-state index in [9.17, 15) is 0 Å². The van der Waals surface area contributed by atoms with Gasteiger partial charge in [0.15, 0.2) is 5.96 Å². The van der Waals surface area contributed by atoms with Gasteiger partial charge in [-0.25, -0.2) is 0 Å². The molecule has 0 heterocycles. The molecule has 0 aromatic heterocycles. The molecule has 0 bridgehead atoms. The molecule has 0 radical (unpaired) electrons. The summed E-state index contributed by atoms with van der Waals surface area (Å²) in [5, 5.41) is 3.12. The van der Waals surface area contributed by atoms with E-state index in [4.69, 9.17) is 5.73 Å². The standard InChI is InChI=1S/C13H21N3S.HI/c1-10-7-11(2)9-12(8-10)16-13(14)15-5-4-6-17-3;/h7-9H,4-6H2,1-3H3,(H3,14,15,16);1H. The highest BCUT2D eigenvalue weighted by atomic mass is 127. The van der Waals surface area contributed by atoms with E-state index in [-0.39, 0.29) is 24.0 Å². The zero-order valence-corrected chi connectivity index (χ0v) is 14.3. The Balaban J connectivity index is 0.00000289. The molecule has 18 heavy (non-hydrogen) atoms. The molecule has 0 amide bonds. The van der Waals surface area contributed by atoms with Crippen LogP contribution in [0.3, 0.4) is 0 Å². The fourth-order valence-corrected chi connectivity index (χ4v) is 2.06. The molecule has 1 aromatic rings. The Morgan fingerprint density at radius 3 is 2.44 bits per heavy atom. The van der Waals surface area contributed by atoms with Gasteiger partial charge in [0.25, 0.3) is 0 Å². The molecule has 0 saturated heterocycles. The van der Waals surface area contributed by atoms with Crippen LogP contribution in [0.4, 0.5) is 5.69 Å². The van der Waals surface area contributed by atoms with Gasteiger partial charge in [-0.05, 0) is 55.5 Å². The Morgan fingerprint density at radius 1 is 1.28 bits per heavy atom. The summed E-state index contributed by atoms with van der Waals surface area (Å²) in [6.45, 7) is 4.93. The molecule has 0 fully saturated rings. The van der Waals surface area contributed by atoms with Gasteiger partial charge in [0, 0.05) is 12.2 Å². The number of halogens is 1. The van der Waals surface area contributed by atoms with Crippen LogP contribution in [0.15, 0.2) is 23.2 Å². The number of anilines is 1. The number of guanidine groups is 1. The van der Waals surface area contributed by atoms with Crippen molar-refractivity contribution in [2.75, 3.05) is 23.9 Å². The zero-order valence-electron chi connectivity index (χ0n) is 11.2. The van der Waals surface area contributed by atoms with Crippen LogP contribution in [0, 0.1) is 13.8 Å². The molecule has 1 rings (SSSR count). The molecule has 0 atom stereocenters. The van der Waals surface area contributed by atoms with Crippen molar-refractivity contribution in [1.29, 1.82) is 0 Å². The van der Waals surface area contributed by atoms with Gasteiger partial charge in [-0.2, -0.15) is 11.8 Å². The Kier molecular flexibility index (Phi) is 9.27. The first kappa shape index (κ1) is 17.6. The van der Waals surface area contributed by atoms with Crippen molar-refractivity contribution in [3.8, 4) is 0 Å². The smallest absolute Gasteiger partial charge is 0.193 e. The molecule has 0 unspecified atom stereocenters. The fraction of sp³-hybridized carbons (Fsp3) is 0.462. The van der Waals surface area contributed by atoms with E-state index in [0.29, 0.717) is 5.96 Å². The van der Waals surface area contributed by atoms with E-state index in [1.54, 1.807) is 0 Å². The van der Waals surface area contributed by atoms with Gasteiger partial charge in [0.2, 0.25) is 0 Å². The van der Waals surface area contributed by atoms with Crippen molar-refractivity contribution in [3.63, 3.8) is 0 Å². The second-order valence-corrected chi connectivity index (χ2v) is 5.10. The highest BCUT2D eigenvalue weighted by Crippen LogP contribution is 2.13. The molecule has 0 aliphatic carbocycles. The number of hydrogen-bond donors (Lipinski definition) is 2. The second-order valence-electron chi connectivity index (χ2n) is 4.11. The summed E-state index contributed by atoms with van der Waals surface area (Å²) < 4.78 is 0. The lowest BCUT2D eigenvalue weighted by Crippen LogP contribution is -2.23. The molecular formula is C13H22IN3S. The van der Waals surface area contributed by atoms with Gasteiger partial charge < -0.3 is 11.1 Å². The van der Waals surface area contributed by atoms with Crippen molar-refractivity contribution in [1.82, 2.24) is 0 Å². The molecule has 0 aliphatic heterocycles. The number of nitrogens with two attached hydrogens (primary N) is 1. The summed E-state index contributed by atoms with van der Waals surface area (Å²) in [4.78, 5) is 4.29. The minimum Gasteiger partial charge on any atom is -0.370 e. The number of aliphatic imine (C=N–C) groups is 1. The SMILES string of the molecule is CSCCCN=C(N)Nc1cc(C)cc(C)c1.I. The second kappa shape index (κ2) is 9.49. The Bertz CT molecular complexity index is 374. The largest absolute Gasteiger partial charge is 0.370 e. The third-order valence-corrected chi connectivity index (χ3v) is 2.98. The van der Waals surface area contributed by atoms with Crippen LogP contribution in [0.1, 0.15) is 17.5 Å². The molecule has 102 valence electrons. The fourth-order valence-electron chi connectivity index (χ4n) is 1.64. The number of aryl methyl sites for hydroxylation is 2. The van der Waals surface area contributed by atoms with Crippen molar-refractivity contribution in [2.45, 2.75) is 20.3 Å². The first-order chi connectivity index (χ1) is 8.11. The quantitative estimate of drug-likeness (QED) is 0.357. The predicted molar refractivity (Wildman–Crippen MR) is 94.4 cm³/mol. The summed E-state index contributed by atoms with van der Waals surface area (Å²) in [5.41, 5.74) is 9.28. The Morgan fingerprint density at radius 2 is 1.89 bits per heavy atom. The van der Waals surface area contributed by atoms with Crippen molar-refractivity contribution in [2.24, 2.45) is 10.7 Å². The van der Waals surface area contributed by atoms with Gasteiger partial charge in [0.05, 0.1) is 0 Å². The molecule has 0 saturated carbocycles. The van der Waals surface area contributed by atoms with E-state index in [1.807, 2.05) is 11.8 Å². The number of nitrogens with one attached hydrogen (secondary N) is 1. The van der Waals surface area contributed by atoms with E-state index in [1.165, 1.54) is 11.1 Å². The van der Waals surface area contributed by atoms with E-state index >= 15 is 0 Å². The predicted octanol–water partition coefficient (Wildman–Crippen LogP) is 3.40. The maximum Gasteiger partial charge on any atom is 0.193 e. The first-order valence-corrected chi connectivity index (χ1v) is 7.15. The van der Waals surface area contributed by atoms with Crippen LogP contribution in [0.25, 0.3) is 0 Å². The third kappa shape index (κ3) is 7.10. The van der Waals surface area contributed by atoms with E-state index < -0.39 is 0 Å².